The van der Waals surface area contributed by atoms with E-state index in [1.54, 1.807) is 30.3 Å². The number of aryl methyl sites for hydroxylation is 1. The number of carbonyl (C=O) groups is 1. The molecule has 0 aromatic heterocycles. The van der Waals surface area contributed by atoms with Crippen LogP contribution >= 0.6 is 0 Å². The first-order valence-corrected chi connectivity index (χ1v) is 6.27. The van der Waals surface area contributed by atoms with Crippen LogP contribution < -0.4 is 0 Å². The van der Waals surface area contributed by atoms with Crippen LogP contribution in [0, 0.1) is 0 Å². The van der Waals surface area contributed by atoms with Crippen LogP contribution in [-0.2, 0) is 16.0 Å². The minimum absolute atomic E-state index is 0.0790. The standard InChI is InChI=1S/C14H17F3O3/c1-2-20-12(18)13(19,10-14(15,16)17)9-8-11-6-4-3-5-7-11/h3-7,19H,2,8-10H2,1H3. The van der Waals surface area contributed by atoms with Gasteiger partial charge in [0.05, 0.1) is 13.0 Å². The molecular formula is C14H17F3O3. The van der Waals surface area contributed by atoms with E-state index in [9.17, 15) is 23.1 Å². The van der Waals surface area contributed by atoms with E-state index in [1.165, 1.54) is 6.92 Å². The van der Waals surface area contributed by atoms with E-state index in [-0.39, 0.29) is 19.4 Å². The molecule has 1 aromatic rings. The Morgan fingerprint density at radius 1 is 1.25 bits per heavy atom. The van der Waals surface area contributed by atoms with Gasteiger partial charge in [0.15, 0.2) is 5.60 Å². The van der Waals surface area contributed by atoms with Gasteiger partial charge in [-0.1, -0.05) is 30.3 Å². The molecule has 112 valence electrons. The Hall–Kier alpha value is -1.56. The predicted octanol–water partition coefficient (Wildman–Crippen LogP) is 2.87. The molecule has 0 amide bonds. The number of benzene rings is 1. The second kappa shape index (κ2) is 6.74. The molecule has 0 fully saturated rings. The molecule has 0 saturated carbocycles. The zero-order valence-corrected chi connectivity index (χ0v) is 11.1. The van der Waals surface area contributed by atoms with E-state index in [0.29, 0.717) is 0 Å². The molecule has 0 bridgehead atoms. The van der Waals surface area contributed by atoms with Crippen LogP contribution in [0.15, 0.2) is 30.3 Å². The van der Waals surface area contributed by atoms with Gasteiger partial charge in [0.25, 0.3) is 0 Å². The zero-order valence-electron chi connectivity index (χ0n) is 11.1. The Kier molecular flexibility index (Phi) is 5.56. The third kappa shape index (κ3) is 5.21. The van der Waals surface area contributed by atoms with E-state index in [0.717, 1.165) is 5.56 Å². The van der Waals surface area contributed by atoms with Gasteiger partial charge in [-0.2, -0.15) is 13.2 Å². The van der Waals surface area contributed by atoms with Gasteiger partial charge in [0.1, 0.15) is 0 Å². The lowest BCUT2D eigenvalue weighted by Crippen LogP contribution is -2.44. The van der Waals surface area contributed by atoms with Crippen LogP contribution in [0.5, 0.6) is 0 Å². The van der Waals surface area contributed by atoms with Crippen molar-refractivity contribution in [2.24, 2.45) is 0 Å². The minimum atomic E-state index is -4.64. The maximum atomic E-state index is 12.5. The zero-order chi connectivity index (χ0) is 15.2. The molecule has 0 heterocycles. The summed E-state index contributed by atoms with van der Waals surface area (Å²) >= 11 is 0. The van der Waals surface area contributed by atoms with E-state index in [2.05, 4.69) is 4.74 Å². The van der Waals surface area contributed by atoms with Crippen molar-refractivity contribution in [3.63, 3.8) is 0 Å². The number of rotatable bonds is 6. The number of aliphatic hydroxyl groups is 1. The first kappa shape index (κ1) is 16.5. The number of halogens is 3. The van der Waals surface area contributed by atoms with Crippen molar-refractivity contribution in [3.8, 4) is 0 Å². The maximum absolute atomic E-state index is 12.5. The van der Waals surface area contributed by atoms with Crippen molar-refractivity contribution in [2.75, 3.05) is 6.61 Å². The van der Waals surface area contributed by atoms with Crippen molar-refractivity contribution in [3.05, 3.63) is 35.9 Å². The summed E-state index contributed by atoms with van der Waals surface area (Å²) in [6.07, 6.45) is -6.43. The van der Waals surface area contributed by atoms with Gasteiger partial charge in [-0.25, -0.2) is 4.79 Å². The molecule has 1 aromatic carbocycles. The van der Waals surface area contributed by atoms with Gasteiger partial charge < -0.3 is 9.84 Å². The van der Waals surface area contributed by atoms with Gasteiger partial charge >= 0.3 is 12.1 Å². The summed E-state index contributed by atoms with van der Waals surface area (Å²) in [5, 5.41) is 10.0. The predicted molar refractivity (Wildman–Crippen MR) is 67.0 cm³/mol. The summed E-state index contributed by atoms with van der Waals surface area (Å²) in [4.78, 5) is 11.6. The van der Waals surface area contributed by atoms with E-state index < -0.39 is 24.2 Å². The molecule has 0 saturated heterocycles. The van der Waals surface area contributed by atoms with Crippen LogP contribution in [0.1, 0.15) is 25.3 Å². The molecule has 6 heteroatoms. The van der Waals surface area contributed by atoms with E-state index in [4.69, 9.17) is 0 Å². The Balaban J connectivity index is 2.79. The lowest BCUT2D eigenvalue weighted by Gasteiger charge is -2.26. The Bertz CT molecular complexity index is 431. The van der Waals surface area contributed by atoms with Crippen LogP contribution in [0.3, 0.4) is 0 Å². The molecule has 1 N–H and O–H groups in total. The van der Waals surface area contributed by atoms with Gasteiger partial charge in [0.2, 0.25) is 0 Å². The largest absolute Gasteiger partial charge is 0.464 e. The minimum Gasteiger partial charge on any atom is -0.464 e. The van der Waals surface area contributed by atoms with Crippen molar-refractivity contribution >= 4 is 5.97 Å². The topological polar surface area (TPSA) is 46.5 Å². The molecule has 0 aliphatic heterocycles. The fourth-order valence-electron chi connectivity index (χ4n) is 1.86. The third-order valence-corrected chi connectivity index (χ3v) is 2.82. The molecule has 1 unspecified atom stereocenters. The smallest absolute Gasteiger partial charge is 0.392 e. The van der Waals surface area contributed by atoms with Crippen LogP contribution in [0.4, 0.5) is 13.2 Å². The van der Waals surface area contributed by atoms with Gasteiger partial charge in [-0.3, -0.25) is 0 Å². The number of hydrogen-bond acceptors (Lipinski definition) is 3. The van der Waals surface area contributed by atoms with Gasteiger partial charge in [-0.05, 0) is 25.3 Å². The first-order chi connectivity index (χ1) is 9.27. The summed E-state index contributed by atoms with van der Waals surface area (Å²) in [5.74, 6) is -1.23. The SMILES string of the molecule is CCOC(=O)C(O)(CCc1ccccc1)CC(F)(F)F. The van der Waals surface area contributed by atoms with Crippen molar-refractivity contribution in [1.82, 2.24) is 0 Å². The third-order valence-electron chi connectivity index (χ3n) is 2.82. The Morgan fingerprint density at radius 3 is 2.35 bits per heavy atom. The summed E-state index contributed by atoms with van der Waals surface area (Å²) in [7, 11) is 0. The highest BCUT2D eigenvalue weighted by atomic mass is 19.4. The van der Waals surface area contributed by atoms with Crippen LogP contribution in [-0.4, -0.2) is 29.5 Å². The quantitative estimate of drug-likeness (QED) is 0.819. The summed E-state index contributed by atoms with van der Waals surface area (Å²) in [5.41, 5.74) is -1.79. The first-order valence-electron chi connectivity index (χ1n) is 6.27. The van der Waals surface area contributed by atoms with Crippen LogP contribution in [0.25, 0.3) is 0 Å². The average molecular weight is 290 g/mol. The van der Waals surface area contributed by atoms with Gasteiger partial charge in [0, 0.05) is 0 Å². The molecule has 20 heavy (non-hydrogen) atoms. The highest BCUT2D eigenvalue weighted by Gasteiger charge is 2.47. The summed E-state index contributed by atoms with van der Waals surface area (Å²) in [6.45, 7) is 1.40. The van der Waals surface area contributed by atoms with Crippen LogP contribution in [0.2, 0.25) is 0 Å². The Morgan fingerprint density at radius 2 is 1.85 bits per heavy atom. The highest BCUT2D eigenvalue weighted by Crippen LogP contribution is 2.31. The second-order valence-electron chi connectivity index (χ2n) is 4.53. The number of alkyl halides is 3. The highest BCUT2D eigenvalue weighted by molar-refractivity contribution is 5.79. The van der Waals surface area contributed by atoms with Gasteiger partial charge in [-0.15, -0.1) is 0 Å². The van der Waals surface area contributed by atoms with Crippen molar-refractivity contribution in [1.29, 1.82) is 0 Å². The monoisotopic (exact) mass is 290 g/mol. The average Bonchev–Trinajstić information content (AvgIpc) is 2.36. The fraction of sp³-hybridized carbons (Fsp3) is 0.500. The molecular weight excluding hydrogens is 273 g/mol. The molecule has 0 aliphatic carbocycles. The second-order valence-corrected chi connectivity index (χ2v) is 4.53. The lowest BCUT2D eigenvalue weighted by molar-refractivity contribution is -0.199. The number of hydrogen-bond donors (Lipinski definition) is 1. The normalized spacial score (nSPS) is 14.7. The summed E-state index contributed by atoms with van der Waals surface area (Å²) in [6, 6.07) is 8.69. The maximum Gasteiger partial charge on any atom is 0.392 e. The van der Waals surface area contributed by atoms with E-state index in [1.807, 2.05) is 0 Å². The number of esters is 1. The van der Waals surface area contributed by atoms with E-state index >= 15 is 0 Å². The lowest BCUT2D eigenvalue weighted by atomic mass is 9.91. The van der Waals surface area contributed by atoms with Crippen molar-refractivity contribution in [2.45, 2.75) is 38.0 Å². The van der Waals surface area contributed by atoms with Crippen molar-refractivity contribution < 1.29 is 27.8 Å². The number of ether oxygens (including phenoxy) is 1. The fourth-order valence-corrected chi connectivity index (χ4v) is 1.86. The molecule has 3 nitrogen and oxygen atoms in total. The molecule has 0 radical (unpaired) electrons. The molecule has 1 rings (SSSR count). The number of carbonyl (C=O) groups excluding carboxylic acids is 1. The molecule has 1 atom stereocenters. The summed E-state index contributed by atoms with van der Waals surface area (Å²) < 4.78 is 42.1. The Labute approximate surface area is 115 Å². The molecule has 0 spiro atoms. The molecule has 0 aliphatic rings.